The number of esters is 2. The van der Waals surface area contributed by atoms with E-state index in [1.165, 1.54) is 0 Å². The van der Waals surface area contributed by atoms with Crippen molar-refractivity contribution < 1.29 is 90.0 Å². The fraction of sp³-hybridized carbons (Fsp3) is 0.500. The summed E-state index contributed by atoms with van der Waals surface area (Å²) in [5.41, 5.74) is 2.78. The minimum Gasteiger partial charge on any atom is -1.00 e. The first-order valence-electron chi connectivity index (χ1n) is 11.9. The predicted molar refractivity (Wildman–Crippen MR) is 135 cm³/mol. The Labute approximate surface area is 268 Å². The van der Waals surface area contributed by atoms with Gasteiger partial charge in [-0.3, -0.25) is 0 Å². The lowest BCUT2D eigenvalue weighted by molar-refractivity contribution is -0.510. The minimum absolute atomic E-state index is 0. The number of halogens is 2. The molecule has 0 aliphatic rings. The predicted octanol–water partition coefficient (Wildman–Crippen LogP) is -4.35. The fourth-order valence-electron chi connectivity index (χ4n) is 3.88. The van der Waals surface area contributed by atoms with Crippen LogP contribution < -0.4 is 56.8 Å². The summed E-state index contributed by atoms with van der Waals surface area (Å²) < 4.78 is 34.7. The summed E-state index contributed by atoms with van der Waals surface area (Å²) in [6.45, 7) is 6.27. The van der Waals surface area contributed by atoms with Crippen LogP contribution in [0.3, 0.4) is 0 Å². The van der Waals surface area contributed by atoms with Crippen molar-refractivity contribution in [3.05, 3.63) is 45.9 Å². The Kier molecular flexibility index (Phi) is 14.0. The summed E-state index contributed by atoms with van der Waals surface area (Å²) in [7, 11) is 3.85. The first kappa shape index (κ1) is 33.8. The molecule has 0 atom stereocenters. The molecule has 15 heteroatoms. The van der Waals surface area contributed by atoms with E-state index in [0.29, 0.717) is 37.8 Å². The highest BCUT2D eigenvalue weighted by molar-refractivity contribution is 7.14. The second kappa shape index (κ2) is 16.2. The Morgan fingerprint density at radius 3 is 1.36 bits per heavy atom. The molecule has 0 radical (unpaired) electrons. The lowest BCUT2D eigenvalue weighted by Crippen LogP contribution is -3.00. The molecule has 11 nitrogen and oxygen atoms in total. The summed E-state index contributed by atoms with van der Waals surface area (Å²) in [4.78, 5) is 26.9. The number of imidazole rings is 2. The third-order valence-electron chi connectivity index (χ3n) is 5.98. The summed E-state index contributed by atoms with van der Waals surface area (Å²) in [6.07, 6.45) is 3.72. The monoisotopic (exact) mass is 806 g/mol. The number of fused-ring (bicyclic) bond motifs is 2. The molecular weight excluding hydrogens is 774 g/mol. The van der Waals surface area contributed by atoms with E-state index in [4.69, 9.17) is 23.7 Å². The highest BCUT2D eigenvalue weighted by Crippen LogP contribution is 2.15. The third kappa shape index (κ3) is 7.88. The van der Waals surface area contributed by atoms with Crippen molar-refractivity contribution in [2.45, 2.75) is 13.8 Å². The molecule has 39 heavy (non-hydrogen) atoms. The van der Waals surface area contributed by atoms with Gasteiger partial charge in [-0.25, -0.2) is 18.7 Å². The lowest BCUT2D eigenvalue weighted by Gasteiger charge is -2.07. The smallest absolute Gasteiger partial charge is 0.383 e. The summed E-state index contributed by atoms with van der Waals surface area (Å²) in [5.74, 6) is -0.738. The van der Waals surface area contributed by atoms with Crippen LogP contribution >= 0.6 is 22.7 Å². The number of hydrogen-bond donors (Lipinski definition) is 0. The Morgan fingerprint density at radius 2 is 1.00 bits per heavy atom. The van der Waals surface area contributed by atoms with Crippen LogP contribution in [0.25, 0.3) is 9.92 Å². The van der Waals surface area contributed by atoms with Crippen LogP contribution in [0.1, 0.15) is 32.4 Å². The molecule has 0 aliphatic carbocycles. The van der Waals surface area contributed by atoms with Crippen molar-refractivity contribution in [1.29, 1.82) is 0 Å². The molecule has 0 amide bonds. The van der Waals surface area contributed by atoms with Gasteiger partial charge in [0.05, 0.1) is 53.7 Å². The Hall–Kier alpha value is -1.38. The van der Waals surface area contributed by atoms with Gasteiger partial charge in [-0.2, -0.15) is 8.80 Å². The van der Waals surface area contributed by atoms with Crippen molar-refractivity contribution in [2.75, 3.05) is 52.9 Å². The Balaban J connectivity index is 0.00000267. The number of aromatic nitrogens is 4. The van der Waals surface area contributed by atoms with Gasteiger partial charge in [-0.15, -0.1) is 0 Å². The molecule has 0 bridgehead atoms. The van der Waals surface area contributed by atoms with Gasteiger partial charge < -0.3 is 71.6 Å². The van der Waals surface area contributed by atoms with E-state index in [9.17, 15) is 9.59 Å². The van der Waals surface area contributed by atoms with E-state index in [2.05, 4.69) is 0 Å². The molecule has 0 aromatic carbocycles. The van der Waals surface area contributed by atoms with Crippen LogP contribution in [0.4, 0.5) is 0 Å². The Morgan fingerprint density at radius 1 is 0.667 bits per heavy atom. The molecule has 0 N–H and O–H groups in total. The van der Waals surface area contributed by atoms with Crippen LogP contribution in [0.5, 0.6) is 0 Å². The summed E-state index contributed by atoms with van der Waals surface area (Å²) in [5, 5.41) is 3.87. The number of carbonyl (C=O) groups excluding carboxylic acids is 2. The zero-order valence-corrected chi connectivity index (χ0v) is 28.1. The largest absolute Gasteiger partial charge is 1.00 e. The fourth-order valence-corrected chi connectivity index (χ4v) is 5.61. The Bertz CT molecular complexity index is 1280. The van der Waals surface area contributed by atoms with Crippen molar-refractivity contribution in [2.24, 2.45) is 14.1 Å². The van der Waals surface area contributed by atoms with Crippen molar-refractivity contribution in [3.63, 3.8) is 0 Å². The second-order valence-electron chi connectivity index (χ2n) is 8.21. The highest BCUT2D eigenvalue weighted by Gasteiger charge is 2.29. The number of carbonyl (C=O) groups is 2. The number of hydrogen-bond acceptors (Lipinski definition) is 9. The topological polar surface area (TPSA) is 98.4 Å². The van der Waals surface area contributed by atoms with Gasteiger partial charge >= 0.3 is 21.9 Å². The minimum atomic E-state index is -0.369. The molecule has 4 rings (SSSR count). The quantitative estimate of drug-likeness (QED) is 0.0551. The van der Waals surface area contributed by atoms with Gasteiger partial charge in [0.25, 0.3) is 11.4 Å². The van der Waals surface area contributed by atoms with E-state index < -0.39 is 0 Å². The molecule has 0 unspecified atom stereocenters. The SMILES string of the molecule is Cc1c(C(=O)OCCOCCOCCOCCOC(=O)c2c(C)n(C)c3scc[n+]23)[n+]2ccsc2n1C.[I-].[I-]. The molecule has 0 saturated carbocycles. The zero-order valence-electron chi connectivity index (χ0n) is 22.2. The number of thiazole rings is 2. The number of ether oxygens (including phenoxy) is 5. The van der Waals surface area contributed by atoms with E-state index in [1.807, 2.05) is 69.0 Å². The molecule has 0 spiro atoms. The first-order valence-corrected chi connectivity index (χ1v) is 13.6. The van der Waals surface area contributed by atoms with Gasteiger partial charge in [-0.05, 0) is 0 Å². The first-order chi connectivity index (χ1) is 17.9. The van der Waals surface area contributed by atoms with E-state index in [1.54, 1.807) is 22.7 Å². The molecule has 0 aliphatic heterocycles. The average Bonchev–Trinajstić information content (AvgIpc) is 3.64. The number of nitrogens with zero attached hydrogens (tertiary/aromatic N) is 4. The highest BCUT2D eigenvalue weighted by atomic mass is 127. The zero-order chi connectivity index (χ0) is 26.4. The average molecular weight is 806 g/mol. The third-order valence-corrected chi connectivity index (χ3v) is 7.86. The van der Waals surface area contributed by atoms with E-state index in [0.717, 1.165) is 21.3 Å². The van der Waals surface area contributed by atoms with Crippen LogP contribution in [0.15, 0.2) is 23.2 Å². The molecule has 0 saturated heterocycles. The van der Waals surface area contributed by atoms with E-state index in [-0.39, 0.29) is 86.3 Å². The lowest BCUT2D eigenvalue weighted by atomic mass is 10.3. The van der Waals surface area contributed by atoms with Crippen LogP contribution in [-0.4, -0.2) is 73.9 Å². The van der Waals surface area contributed by atoms with Crippen molar-refractivity contribution >= 4 is 44.5 Å². The van der Waals surface area contributed by atoms with E-state index >= 15 is 0 Å². The number of aryl methyl sites for hydroxylation is 2. The normalized spacial score (nSPS) is 11.0. The van der Waals surface area contributed by atoms with Gasteiger partial charge in [0.1, 0.15) is 25.6 Å². The van der Waals surface area contributed by atoms with Crippen LogP contribution in [-0.2, 0) is 37.8 Å². The van der Waals surface area contributed by atoms with Gasteiger partial charge in [0.2, 0.25) is 0 Å². The summed E-state index contributed by atoms with van der Waals surface area (Å²) >= 11 is 3.13. The second-order valence-corrected chi connectivity index (χ2v) is 9.95. The van der Waals surface area contributed by atoms with Gasteiger partial charge in [-0.1, -0.05) is 22.7 Å². The number of rotatable bonds is 14. The van der Waals surface area contributed by atoms with Crippen LogP contribution in [0.2, 0.25) is 0 Å². The molecule has 4 aromatic rings. The molecular formula is C24H32I2N4O7S2. The maximum absolute atomic E-state index is 12.5. The summed E-state index contributed by atoms with van der Waals surface area (Å²) in [6, 6.07) is 0. The van der Waals surface area contributed by atoms with Gasteiger partial charge in [0.15, 0.2) is 11.4 Å². The van der Waals surface area contributed by atoms with Crippen LogP contribution in [0, 0.1) is 13.8 Å². The molecule has 0 fully saturated rings. The maximum Gasteiger partial charge on any atom is 0.383 e. The molecule has 216 valence electrons. The van der Waals surface area contributed by atoms with Gasteiger partial charge in [0, 0.05) is 24.6 Å². The standard InChI is InChI=1S/C24H32N4O7S2.2HI/c1-17-19(27-5-15-36-23(27)25(17)3)21(29)34-13-11-32-9-7-31-8-10-33-12-14-35-22(30)20-18(2)26(4)24-28(20)6-16-37-24;;/h5-6,15-16H,7-14H2,1-4H3;2*1H/q+2;;/p-2. The van der Waals surface area contributed by atoms with Crippen molar-refractivity contribution in [3.8, 4) is 0 Å². The maximum atomic E-state index is 12.5. The molecule has 4 heterocycles. The van der Waals surface area contributed by atoms with Crippen molar-refractivity contribution in [1.82, 2.24) is 9.13 Å². The molecule has 4 aromatic heterocycles.